The fraction of sp³-hybridized carbons (Fsp3) is 0. The van der Waals surface area contributed by atoms with Crippen molar-refractivity contribution < 1.29 is 0 Å². The summed E-state index contributed by atoms with van der Waals surface area (Å²) < 4.78 is 4.98. The molecule has 3 heteroatoms. The minimum atomic E-state index is 1.10. The van der Waals surface area contributed by atoms with Crippen LogP contribution in [0.1, 0.15) is 0 Å². The predicted octanol–water partition coefficient (Wildman–Crippen LogP) is 16.3. The standard InChI is InChI=1S/C56H36N2S/c1-2-19-40(20-3-1)57-49-27-10-8-23-47(49)54-50(57)28-14-29-51(54)58(41-33-31-39(32-34-41)43-25-12-17-37-15-4-6-21-42(37)43)52-36-35-46(45-26-13-18-38-16-5-7-22-44(38)45)56-55(52)48-24-9-11-30-53(48)59-56/h1-36H. The van der Waals surface area contributed by atoms with Gasteiger partial charge in [-0.25, -0.2) is 0 Å². The van der Waals surface area contributed by atoms with Gasteiger partial charge in [-0.2, -0.15) is 0 Å². The van der Waals surface area contributed by atoms with Crippen LogP contribution < -0.4 is 4.90 Å². The number of fused-ring (bicyclic) bond motifs is 8. The topological polar surface area (TPSA) is 8.17 Å². The summed E-state index contributed by atoms with van der Waals surface area (Å²) in [5.41, 5.74) is 11.8. The first-order chi connectivity index (χ1) is 29.3. The summed E-state index contributed by atoms with van der Waals surface area (Å²) in [6.07, 6.45) is 0. The van der Waals surface area contributed by atoms with Gasteiger partial charge < -0.3 is 9.47 Å². The zero-order valence-corrected chi connectivity index (χ0v) is 32.9. The Morgan fingerprint density at radius 3 is 1.71 bits per heavy atom. The van der Waals surface area contributed by atoms with Crippen LogP contribution in [0.3, 0.4) is 0 Å². The van der Waals surface area contributed by atoms with Crippen molar-refractivity contribution in [2.45, 2.75) is 0 Å². The molecule has 0 aliphatic heterocycles. The molecule has 0 bridgehead atoms. The number of rotatable bonds is 6. The van der Waals surface area contributed by atoms with Crippen molar-refractivity contribution in [3.05, 3.63) is 218 Å². The van der Waals surface area contributed by atoms with Crippen molar-refractivity contribution in [2.24, 2.45) is 0 Å². The fourth-order valence-corrected chi connectivity index (χ4v) is 10.6. The number of anilines is 3. The number of hydrogen-bond acceptors (Lipinski definition) is 2. The van der Waals surface area contributed by atoms with E-state index in [2.05, 4.69) is 228 Å². The zero-order chi connectivity index (χ0) is 38.9. The van der Waals surface area contributed by atoms with Crippen molar-refractivity contribution in [3.63, 3.8) is 0 Å². The SMILES string of the molecule is c1ccc(-n2c3ccccc3c3c(N(c4ccc(-c5cccc6ccccc56)cc4)c4ccc(-c5cccc6ccccc56)c5sc6ccccc6c45)cccc32)cc1. The van der Waals surface area contributed by atoms with Gasteiger partial charge in [-0.05, 0) is 92.8 Å². The largest absolute Gasteiger partial charge is 0.309 e. The first kappa shape index (κ1) is 33.7. The van der Waals surface area contributed by atoms with Gasteiger partial charge in [0.2, 0.25) is 0 Å². The highest BCUT2D eigenvalue weighted by Gasteiger charge is 2.25. The van der Waals surface area contributed by atoms with E-state index in [0.29, 0.717) is 0 Å². The highest BCUT2D eigenvalue weighted by molar-refractivity contribution is 7.26. The van der Waals surface area contributed by atoms with E-state index in [9.17, 15) is 0 Å². The van der Waals surface area contributed by atoms with E-state index in [0.717, 1.165) is 22.7 Å². The maximum absolute atomic E-state index is 2.52. The molecule has 12 aromatic rings. The first-order valence-electron chi connectivity index (χ1n) is 20.2. The van der Waals surface area contributed by atoms with Crippen molar-refractivity contribution in [1.82, 2.24) is 4.57 Å². The summed E-state index contributed by atoms with van der Waals surface area (Å²) in [5, 5.41) is 9.98. The fourth-order valence-electron chi connectivity index (χ4n) is 9.39. The number of nitrogens with zero attached hydrogens (tertiary/aromatic N) is 2. The van der Waals surface area contributed by atoms with E-state index in [1.165, 1.54) is 85.8 Å². The Hall–Kier alpha value is -7.46. The Kier molecular flexibility index (Phi) is 7.75. The number of hydrogen-bond donors (Lipinski definition) is 0. The Bertz CT molecular complexity index is 3550. The summed E-state index contributed by atoms with van der Waals surface area (Å²) >= 11 is 1.89. The molecule has 0 saturated heterocycles. The molecular weight excluding hydrogens is 733 g/mol. The Balaban J connectivity index is 1.16. The van der Waals surface area contributed by atoms with Gasteiger partial charge in [0.25, 0.3) is 0 Å². The summed E-state index contributed by atoms with van der Waals surface area (Å²) in [5.74, 6) is 0. The smallest absolute Gasteiger partial charge is 0.0562 e. The maximum atomic E-state index is 2.52. The average molecular weight is 769 g/mol. The van der Waals surface area contributed by atoms with Crippen LogP contribution in [0.5, 0.6) is 0 Å². The highest BCUT2D eigenvalue weighted by atomic mass is 32.1. The monoisotopic (exact) mass is 768 g/mol. The van der Waals surface area contributed by atoms with Crippen LogP contribution in [0.25, 0.3) is 91.5 Å². The summed E-state index contributed by atoms with van der Waals surface area (Å²) in [6.45, 7) is 0. The lowest BCUT2D eigenvalue weighted by Gasteiger charge is -2.28. The number of aromatic nitrogens is 1. The molecule has 2 heterocycles. The molecule has 0 radical (unpaired) electrons. The van der Waals surface area contributed by atoms with Crippen LogP contribution in [-0.4, -0.2) is 4.57 Å². The third-order valence-corrected chi connectivity index (χ3v) is 13.2. The second-order valence-corrected chi connectivity index (χ2v) is 16.3. The molecule has 59 heavy (non-hydrogen) atoms. The second kappa shape index (κ2) is 13.6. The van der Waals surface area contributed by atoms with E-state index in [1.807, 2.05) is 11.3 Å². The van der Waals surface area contributed by atoms with Crippen LogP contribution in [0, 0.1) is 0 Å². The molecule has 10 aromatic carbocycles. The van der Waals surface area contributed by atoms with Gasteiger partial charge in [0.1, 0.15) is 0 Å². The molecule has 0 fully saturated rings. The zero-order valence-electron chi connectivity index (χ0n) is 32.1. The van der Waals surface area contributed by atoms with Crippen LogP contribution in [0.4, 0.5) is 17.1 Å². The third kappa shape index (κ3) is 5.33. The van der Waals surface area contributed by atoms with Crippen LogP contribution >= 0.6 is 11.3 Å². The molecular formula is C56H36N2S. The Labute approximate surface area is 346 Å². The lowest BCUT2D eigenvalue weighted by molar-refractivity contribution is 1.18. The third-order valence-electron chi connectivity index (χ3n) is 12.0. The molecule has 0 aliphatic rings. The highest BCUT2D eigenvalue weighted by Crippen LogP contribution is 2.51. The van der Waals surface area contributed by atoms with Gasteiger partial charge in [-0.3, -0.25) is 0 Å². The molecule has 0 saturated carbocycles. The quantitative estimate of drug-likeness (QED) is 0.164. The molecule has 2 aromatic heterocycles. The van der Waals surface area contributed by atoms with E-state index >= 15 is 0 Å². The molecule has 0 atom stereocenters. The van der Waals surface area contributed by atoms with Crippen LogP contribution in [-0.2, 0) is 0 Å². The van der Waals surface area contributed by atoms with Gasteiger partial charge in [0.05, 0.1) is 22.4 Å². The summed E-state index contributed by atoms with van der Waals surface area (Å²) in [6, 6.07) is 79.9. The summed E-state index contributed by atoms with van der Waals surface area (Å²) in [4.78, 5) is 2.52. The Morgan fingerprint density at radius 2 is 0.932 bits per heavy atom. The van der Waals surface area contributed by atoms with Crippen molar-refractivity contribution in [1.29, 1.82) is 0 Å². The molecule has 0 N–H and O–H groups in total. The molecule has 276 valence electrons. The minimum absolute atomic E-state index is 1.10. The molecule has 0 amide bonds. The lowest BCUT2D eigenvalue weighted by atomic mass is 9.95. The summed E-state index contributed by atoms with van der Waals surface area (Å²) in [7, 11) is 0. The number of benzene rings is 10. The lowest BCUT2D eigenvalue weighted by Crippen LogP contribution is -2.11. The van der Waals surface area contributed by atoms with Crippen LogP contribution in [0.2, 0.25) is 0 Å². The predicted molar refractivity (Wildman–Crippen MR) is 254 cm³/mol. The number of para-hydroxylation sites is 2. The Morgan fingerprint density at radius 1 is 0.356 bits per heavy atom. The van der Waals surface area contributed by atoms with E-state index in [1.54, 1.807) is 0 Å². The van der Waals surface area contributed by atoms with E-state index < -0.39 is 0 Å². The van der Waals surface area contributed by atoms with Crippen molar-refractivity contribution >= 4 is 91.9 Å². The van der Waals surface area contributed by atoms with Crippen molar-refractivity contribution in [3.8, 4) is 27.9 Å². The van der Waals surface area contributed by atoms with Gasteiger partial charge in [0, 0.05) is 47.9 Å². The molecule has 0 spiro atoms. The molecule has 2 nitrogen and oxygen atoms in total. The van der Waals surface area contributed by atoms with Crippen LogP contribution in [0.15, 0.2) is 218 Å². The van der Waals surface area contributed by atoms with Gasteiger partial charge >= 0.3 is 0 Å². The average Bonchev–Trinajstić information content (AvgIpc) is 3.87. The molecule has 12 rings (SSSR count). The second-order valence-electron chi connectivity index (χ2n) is 15.2. The maximum Gasteiger partial charge on any atom is 0.0562 e. The van der Waals surface area contributed by atoms with E-state index in [-0.39, 0.29) is 0 Å². The first-order valence-corrected chi connectivity index (χ1v) is 21.0. The van der Waals surface area contributed by atoms with Gasteiger partial charge in [0.15, 0.2) is 0 Å². The normalized spacial score (nSPS) is 11.7. The minimum Gasteiger partial charge on any atom is -0.309 e. The van der Waals surface area contributed by atoms with Gasteiger partial charge in [-0.15, -0.1) is 11.3 Å². The van der Waals surface area contributed by atoms with E-state index in [4.69, 9.17) is 0 Å². The molecule has 0 unspecified atom stereocenters. The molecule has 0 aliphatic carbocycles. The number of thiophene rings is 1. The van der Waals surface area contributed by atoms with Crippen molar-refractivity contribution in [2.75, 3.05) is 4.90 Å². The van der Waals surface area contributed by atoms with Gasteiger partial charge in [-0.1, -0.05) is 164 Å².